The zero-order valence-corrected chi connectivity index (χ0v) is 15.9. The quantitative estimate of drug-likeness (QED) is 0.640. The second-order valence-electron chi connectivity index (χ2n) is 6.97. The highest BCUT2D eigenvalue weighted by Crippen LogP contribution is 2.28. The van der Waals surface area contributed by atoms with Gasteiger partial charge in [-0.15, -0.1) is 11.3 Å². The summed E-state index contributed by atoms with van der Waals surface area (Å²) in [6, 6.07) is 0.527. The van der Waals surface area contributed by atoms with Gasteiger partial charge in [-0.3, -0.25) is 0 Å². The average molecular weight is 338 g/mol. The van der Waals surface area contributed by atoms with Crippen LogP contribution < -0.4 is 15.5 Å². The number of rotatable bonds is 5. The minimum Gasteiger partial charge on any atom is -0.357 e. The molecule has 23 heavy (non-hydrogen) atoms. The fourth-order valence-electron chi connectivity index (χ4n) is 3.31. The molecule has 1 aromatic rings. The maximum Gasteiger partial charge on any atom is 0.191 e. The first-order chi connectivity index (χ1) is 11.0. The first kappa shape index (κ1) is 18.0. The molecule has 2 unspecified atom stereocenters. The van der Waals surface area contributed by atoms with Gasteiger partial charge in [0.05, 0.1) is 12.2 Å². The fourth-order valence-corrected chi connectivity index (χ4v) is 4.06. The fraction of sp³-hybridized carbons (Fsp3) is 0.765. The molecule has 5 nitrogen and oxygen atoms in total. The van der Waals surface area contributed by atoms with E-state index in [0.29, 0.717) is 12.6 Å². The maximum absolute atomic E-state index is 4.72. The monoisotopic (exact) mass is 337 g/mol. The summed E-state index contributed by atoms with van der Waals surface area (Å²) in [5.41, 5.74) is 1.03. The van der Waals surface area contributed by atoms with Crippen molar-refractivity contribution >= 4 is 22.4 Å². The molecule has 0 spiro atoms. The molecule has 0 saturated heterocycles. The molecular formula is C17H31N5S. The molecule has 1 aliphatic rings. The van der Waals surface area contributed by atoms with Crippen LogP contribution in [0.5, 0.6) is 0 Å². The Hall–Kier alpha value is -1.30. The molecule has 6 heteroatoms. The summed E-state index contributed by atoms with van der Waals surface area (Å²) in [5, 5.41) is 10.1. The average Bonchev–Trinajstić information content (AvgIpc) is 2.93. The molecular weight excluding hydrogens is 306 g/mol. The number of aliphatic imine (C=N–C) groups is 1. The Balaban J connectivity index is 1.96. The summed E-state index contributed by atoms with van der Waals surface area (Å²) in [6.07, 6.45) is 3.81. The molecule has 2 rings (SSSR count). The smallest absolute Gasteiger partial charge is 0.191 e. The van der Waals surface area contributed by atoms with Crippen molar-refractivity contribution < 1.29 is 0 Å². The zero-order chi connectivity index (χ0) is 16.8. The number of hydrogen-bond acceptors (Lipinski definition) is 4. The summed E-state index contributed by atoms with van der Waals surface area (Å²) in [6.45, 7) is 8.32. The third kappa shape index (κ3) is 5.68. The highest BCUT2D eigenvalue weighted by molar-refractivity contribution is 7.13. The molecule has 0 radical (unpaired) electrons. The number of anilines is 1. The normalized spacial score (nSPS) is 25.3. The number of aromatic nitrogens is 1. The SMILES string of the molecule is CCNC(=NCc1csc(N(C)C)n1)NC1CC(C)CC(C)C1. The van der Waals surface area contributed by atoms with Crippen LogP contribution in [0, 0.1) is 11.8 Å². The Morgan fingerprint density at radius 1 is 1.30 bits per heavy atom. The van der Waals surface area contributed by atoms with Crippen molar-refractivity contribution in [3.8, 4) is 0 Å². The van der Waals surface area contributed by atoms with Crippen molar-refractivity contribution in [2.75, 3.05) is 25.5 Å². The maximum atomic E-state index is 4.72. The van der Waals surface area contributed by atoms with E-state index in [-0.39, 0.29) is 0 Å². The lowest BCUT2D eigenvalue weighted by Gasteiger charge is -2.32. The van der Waals surface area contributed by atoms with Crippen LogP contribution in [-0.4, -0.2) is 37.6 Å². The van der Waals surface area contributed by atoms with Gasteiger partial charge in [-0.1, -0.05) is 13.8 Å². The van der Waals surface area contributed by atoms with Crippen LogP contribution in [0.25, 0.3) is 0 Å². The zero-order valence-electron chi connectivity index (χ0n) is 15.1. The lowest BCUT2D eigenvalue weighted by atomic mass is 9.80. The van der Waals surface area contributed by atoms with Gasteiger partial charge in [0.25, 0.3) is 0 Å². The van der Waals surface area contributed by atoms with Crippen LogP contribution in [0.3, 0.4) is 0 Å². The molecule has 130 valence electrons. The van der Waals surface area contributed by atoms with E-state index in [4.69, 9.17) is 4.99 Å². The van der Waals surface area contributed by atoms with Crippen molar-refractivity contribution in [1.29, 1.82) is 0 Å². The van der Waals surface area contributed by atoms with Crippen molar-refractivity contribution in [2.24, 2.45) is 16.8 Å². The highest BCUT2D eigenvalue weighted by atomic mass is 32.1. The summed E-state index contributed by atoms with van der Waals surface area (Å²) < 4.78 is 0. The van der Waals surface area contributed by atoms with Gasteiger partial charge in [0.2, 0.25) is 0 Å². The molecule has 1 heterocycles. The summed E-state index contributed by atoms with van der Waals surface area (Å²) >= 11 is 1.66. The van der Waals surface area contributed by atoms with Crippen molar-refractivity contribution in [3.05, 3.63) is 11.1 Å². The number of nitrogens with zero attached hydrogens (tertiary/aromatic N) is 3. The lowest BCUT2D eigenvalue weighted by molar-refractivity contribution is 0.255. The van der Waals surface area contributed by atoms with Crippen molar-refractivity contribution in [3.63, 3.8) is 0 Å². The molecule has 0 amide bonds. The van der Waals surface area contributed by atoms with E-state index in [2.05, 4.69) is 41.8 Å². The first-order valence-corrected chi connectivity index (χ1v) is 9.52. The van der Waals surface area contributed by atoms with Gasteiger partial charge in [-0.05, 0) is 38.0 Å². The number of thiazole rings is 1. The van der Waals surface area contributed by atoms with Gasteiger partial charge in [-0.2, -0.15) is 0 Å². The Morgan fingerprint density at radius 3 is 2.57 bits per heavy atom. The minimum atomic E-state index is 0.527. The van der Waals surface area contributed by atoms with E-state index >= 15 is 0 Å². The Labute approximate surface area is 144 Å². The summed E-state index contributed by atoms with van der Waals surface area (Å²) in [5.74, 6) is 2.50. The van der Waals surface area contributed by atoms with E-state index in [0.717, 1.165) is 35.2 Å². The Kier molecular flexibility index (Phi) is 6.69. The topological polar surface area (TPSA) is 52.6 Å². The number of nitrogens with one attached hydrogen (secondary N) is 2. The molecule has 2 N–H and O–H groups in total. The number of hydrogen-bond donors (Lipinski definition) is 2. The second-order valence-corrected chi connectivity index (χ2v) is 7.81. The lowest BCUT2D eigenvalue weighted by Crippen LogP contribution is -2.46. The standard InChI is InChI=1S/C17H31N5S/c1-6-18-16(20-14-8-12(2)7-13(3)9-14)19-10-15-11-23-17(21-15)22(4)5/h11-14H,6-10H2,1-5H3,(H2,18,19,20). The molecule has 1 fully saturated rings. The summed E-state index contributed by atoms with van der Waals surface area (Å²) in [4.78, 5) is 11.3. The van der Waals surface area contributed by atoms with E-state index < -0.39 is 0 Å². The van der Waals surface area contributed by atoms with E-state index in [1.54, 1.807) is 11.3 Å². The molecule has 1 aromatic heterocycles. The van der Waals surface area contributed by atoms with E-state index in [9.17, 15) is 0 Å². The molecule has 0 aromatic carbocycles. The third-order valence-corrected chi connectivity index (χ3v) is 5.24. The molecule has 1 aliphatic carbocycles. The van der Waals surface area contributed by atoms with Crippen LogP contribution >= 0.6 is 11.3 Å². The third-order valence-electron chi connectivity index (χ3n) is 4.18. The molecule has 1 saturated carbocycles. The Morgan fingerprint density at radius 2 is 2.00 bits per heavy atom. The molecule has 0 bridgehead atoms. The largest absolute Gasteiger partial charge is 0.357 e. The van der Waals surface area contributed by atoms with Crippen molar-refractivity contribution in [1.82, 2.24) is 15.6 Å². The highest BCUT2D eigenvalue weighted by Gasteiger charge is 2.24. The molecule has 2 atom stereocenters. The van der Waals surface area contributed by atoms with Gasteiger partial charge in [-0.25, -0.2) is 9.98 Å². The van der Waals surface area contributed by atoms with Crippen LogP contribution in [0.15, 0.2) is 10.4 Å². The predicted octanol–water partition coefficient (Wildman–Crippen LogP) is 3.09. The van der Waals surface area contributed by atoms with Gasteiger partial charge in [0.15, 0.2) is 11.1 Å². The molecule has 0 aliphatic heterocycles. The second kappa shape index (κ2) is 8.52. The van der Waals surface area contributed by atoms with Crippen LogP contribution in [0.4, 0.5) is 5.13 Å². The van der Waals surface area contributed by atoms with Gasteiger partial charge < -0.3 is 15.5 Å². The van der Waals surface area contributed by atoms with E-state index in [1.165, 1.54) is 19.3 Å². The van der Waals surface area contributed by atoms with Gasteiger partial charge >= 0.3 is 0 Å². The van der Waals surface area contributed by atoms with Crippen LogP contribution in [0.2, 0.25) is 0 Å². The first-order valence-electron chi connectivity index (χ1n) is 8.64. The predicted molar refractivity (Wildman–Crippen MR) is 100 cm³/mol. The van der Waals surface area contributed by atoms with Gasteiger partial charge in [0.1, 0.15) is 0 Å². The Bertz CT molecular complexity index is 501. The van der Waals surface area contributed by atoms with E-state index in [1.807, 2.05) is 19.0 Å². The van der Waals surface area contributed by atoms with Gasteiger partial charge in [0, 0.05) is 32.1 Å². The number of guanidine groups is 1. The van der Waals surface area contributed by atoms with Crippen molar-refractivity contribution in [2.45, 2.75) is 52.6 Å². The van der Waals surface area contributed by atoms with Crippen LogP contribution in [-0.2, 0) is 6.54 Å². The minimum absolute atomic E-state index is 0.527. The summed E-state index contributed by atoms with van der Waals surface area (Å²) in [7, 11) is 4.03. The van der Waals surface area contributed by atoms with Crippen LogP contribution in [0.1, 0.15) is 45.7 Å².